The van der Waals surface area contributed by atoms with Crippen molar-refractivity contribution in [2.24, 2.45) is 0 Å². The molecule has 2 aromatic heterocycles. The fraction of sp³-hybridized carbons (Fsp3) is 0.263. The second-order valence-electron chi connectivity index (χ2n) is 6.65. The zero-order chi connectivity index (χ0) is 21.5. The Kier molecular flexibility index (Phi) is 5.04. The summed E-state index contributed by atoms with van der Waals surface area (Å²) in [5.74, 6) is -1.35. The van der Waals surface area contributed by atoms with Crippen LogP contribution >= 0.6 is 0 Å². The third-order valence-corrected chi connectivity index (χ3v) is 4.27. The number of benzene rings is 1. The molecular formula is C19H16F3N3O4. The lowest BCUT2D eigenvalue weighted by Crippen LogP contribution is -2.27. The minimum Gasteiger partial charge on any atom is -0.477 e. The summed E-state index contributed by atoms with van der Waals surface area (Å²) >= 11 is 0. The van der Waals surface area contributed by atoms with E-state index in [1.807, 2.05) is 13.8 Å². The quantitative estimate of drug-likeness (QED) is 0.701. The average Bonchev–Trinajstić information content (AvgIpc) is 3.11. The molecular weight excluding hydrogens is 391 g/mol. The van der Waals surface area contributed by atoms with E-state index in [0.29, 0.717) is 5.89 Å². The van der Waals surface area contributed by atoms with Gasteiger partial charge in [0.15, 0.2) is 0 Å². The van der Waals surface area contributed by atoms with Crippen molar-refractivity contribution in [2.45, 2.75) is 32.9 Å². The van der Waals surface area contributed by atoms with Gasteiger partial charge in [0, 0.05) is 17.3 Å². The predicted molar refractivity (Wildman–Crippen MR) is 96.1 cm³/mol. The lowest BCUT2D eigenvalue weighted by molar-refractivity contribution is -0.137. The van der Waals surface area contributed by atoms with Crippen LogP contribution in [0.3, 0.4) is 0 Å². The zero-order valence-electron chi connectivity index (χ0n) is 15.6. The lowest BCUT2D eigenvalue weighted by Gasteiger charge is -2.15. The van der Waals surface area contributed by atoms with Crippen molar-refractivity contribution >= 4 is 5.97 Å². The highest BCUT2D eigenvalue weighted by atomic mass is 19.4. The molecule has 2 heterocycles. The number of halogens is 3. The van der Waals surface area contributed by atoms with E-state index in [2.05, 4.69) is 10.2 Å². The van der Waals surface area contributed by atoms with Gasteiger partial charge in [-0.25, -0.2) is 4.79 Å². The van der Waals surface area contributed by atoms with Crippen LogP contribution in [-0.4, -0.2) is 25.8 Å². The second-order valence-corrected chi connectivity index (χ2v) is 6.65. The minimum atomic E-state index is -4.63. The SMILES string of the molecule is Cc1c(-c2nnc(C(C)C)o2)cc(C(=O)O)c(=O)n1-c1cccc(C(F)(F)F)c1. The summed E-state index contributed by atoms with van der Waals surface area (Å²) in [6.45, 7) is 5.09. The molecule has 0 unspecified atom stereocenters. The molecule has 29 heavy (non-hydrogen) atoms. The van der Waals surface area contributed by atoms with E-state index in [4.69, 9.17) is 4.42 Å². The first kappa shape index (κ1) is 20.3. The first-order valence-corrected chi connectivity index (χ1v) is 8.52. The van der Waals surface area contributed by atoms with Crippen molar-refractivity contribution < 1.29 is 27.5 Å². The zero-order valence-corrected chi connectivity index (χ0v) is 15.6. The Morgan fingerprint density at radius 2 is 1.90 bits per heavy atom. The van der Waals surface area contributed by atoms with Gasteiger partial charge in [0.05, 0.1) is 11.1 Å². The number of pyridine rings is 1. The molecule has 1 aromatic carbocycles. The monoisotopic (exact) mass is 407 g/mol. The molecule has 0 saturated carbocycles. The Hall–Kier alpha value is -3.43. The Balaban J connectivity index is 2.31. The van der Waals surface area contributed by atoms with E-state index in [-0.39, 0.29) is 28.8 Å². The van der Waals surface area contributed by atoms with Crippen LogP contribution in [0.2, 0.25) is 0 Å². The molecule has 0 spiro atoms. The Morgan fingerprint density at radius 1 is 1.21 bits per heavy atom. The number of carboxylic acids is 1. The number of hydrogen-bond donors (Lipinski definition) is 1. The van der Waals surface area contributed by atoms with Crippen molar-refractivity contribution in [3.8, 4) is 17.1 Å². The number of alkyl halides is 3. The van der Waals surface area contributed by atoms with Crippen molar-refractivity contribution in [2.75, 3.05) is 0 Å². The Morgan fingerprint density at radius 3 is 2.45 bits per heavy atom. The summed E-state index contributed by atoms with van der Waals surface area (Å²) in [5.41, 5.74) is -2.40. The van der Waals surface area contributed by atoms with Crippen LogP contribution < -0.4 is 5.56 Å². The van der Waals surface area contributed by atoms with Gasteiger partial charge in [0.2, 0.25) is 11.8 Å². The van der Waals surface area contributed by atoms with Gasteiger partial charge in [-0.2, -0.15) is 13.2 Å². The standard InChI is InChI=1S/C19H16F3N3O4/c1-9(2)15-23-24-16(29-15)13-8-14(18(27)28)17(26)25(10(13)3)12-6-4-5-11(7-12)19(20,21)22/h4-9H,1-3H3,(H,27,28). The maximum Gasteiger partial charge on any atom is 0.416 e. The maximum absolute atomic E-state index is 13.1. The number of aromatic nitrogens is 3. The topological polar surface area (TPSA) is 98.2 Å². The largest absolute Gasteiger partial charge is 0.477 e. The third kappa shape index (κ3) is 3.78. The van der Waals surface area contributed by atoms with Gasteiger partial charge in [-0.3, -0.25) is 9.36 Å². The Labute approximate surface area is 162 Å². The van der Waals surface area contributed by atoms with Crippen molar-refractivity contribution in [1.29, 1.82) is 0 Å². The highest BCUT2D eigenvalue weighted by Crippen LogP contribution is 2.31. The van der Waals surface area contributed by atoms with Crippen LogP contribution in [0.5, 0.6) is 0 Å². The van der Waals surface area contributed by atoms with Gasteiger partial charge in [0.1, 0.15) is 5.56 Å². The van der Waals surface area contributed by atoms with Crippen LogP contribution in [0.15, 0.2) is 39.5 Å². The van der Waals surface area contributed by atoms with E-state index < -0.39 is 28.8 Å². The van der Waals surface area contributed by atoms with Gasteiger partial charge in [-0.1, -0.05) is 19.9 Å². The molecule has 1 N–H and O–H groups in total. The summed E-state index contributed by atoms with van der Waals surface area (Å²) in [5, 5.41) is 17.2. The van der Waals surface area contributed by atoms with Gasteiger partial charge < -0.3 is 9.52 Å². The molecule has 0 aliphatic rings. The summed E-state index contributed by atoms with van der Waals surface area (Å²) in [7, 11) is 0. The normalized spacial score (nSPS) is 11.8. The van der Waals surface area contributed by atoms with Gasteiger partial charge in [0.25, 0.3) is 5.56 Å². The molecule has 0 radical (unpaired) electrons. The summed E-state index contributed by atoms with van der Waals surface area (Å²) in [4.78, 5) is 24.3. The van der Waals surface area contributed by atoms with Gasteiger partial charge in [-0.15, -0.1) is 10.2 Å². The molecule has 0 aliphatic carbocycles. The van der Waals surface area contributed by atoms with E-state index >= 15 is 0 Å². The number of rotatable bonds is 4. The molecule has 0 amide bonds. The highest BCUT2D eigenvalue weighted by molar-refractivity contribution is 5.89. The van der Waals surface area contributed by atoms with Crippen LogP contribution in [0.1, 0.15) is 47.3 Å². The van der Waals surface area contributed by atoms with Gasteiger partial charge in [-0.05, 0) is 31.2 Å². The first-order chi connectivity index (χ1) is 13.5. The molecule has 3 rings (SSSR count). The number of carboxylic acid groups (broad SMARTS) is 1. The fourth-order valence-electron chi connectivity index (χ4n) is 2.78. The first-order valence-electron chi connectivity index (χ1n) is 8.52. The molecule has 0 atom stereocenters. The molecule has 0 saturated heterocycles. The highest BCUT2D eigenvalue weighted by Gasteiger charge is 2.31. The number of carbonyl (C=O) groups is 1. The molecule has 3 aromatic rings. The molecule has 7 nitrogen and oxygen atoms in total. The van der Waals surface area contributed by atoms with Crippen LogP contribution in [-0.2, 0) is 6.18 Å². The van der Waals surface area contributed by atoms with Crippen LogP contribution in [0.25, 0.3) is 17.1 Å². The second kappa shape index (κ2) is 7.19. The van der Waals surface area contributed by atoms with E-state index in [1.54, 1.807) is 0 Å². The average molecular weight is 407 g/mol. The summed E-state index contributed by atoms with van der Waals surface area (Å²) < 4.78 is 45.7. The molecule has 0 bridgehead atoms. The number of aromatic carboxylic acids is 1. The van der Waals surface area contributed by atoms with Crippen molar-refractivity contribution in [3.05, 3.63) is 63.4 Å². The van der Waals surface area contributed by atoms with Crippen LogP contribution in [0.4, 0.5) is 13.2 Å². The van der Waals surface area contributed by atoms with Crippen molar-refractivity contribution in [3.63, 3.8) is 0 Å². The lowest BCUT2D eigenvalue weighted by atomic mass is 10.1. The summed E-state index contributed by atoms with van der Waals surface area (Å²) in [6, 6.07) is 5.14. The maximum atomic E-state index is 13.1. The molecule has 0 fully saturated rings. The number of hydrogen-bond acceptors (Lipinski definition) is 5. The Bertz CT molecular complexity index is 1150. The smallest absolute Gasteiger partial charge is 0.416 e. The molecule has 152 valence electrons. The molecule has 0 aliphatic heterocycles. The van der Waals surface area contributed by atoms with Crippen LogP contribution in [0, 0.1) is 6.92 Å². The van der Waals surface area contributed by atoms with Crippen molar-refractivity contribution in [1.82, 2.24) is 14.8 Å². The predicted octanol–water partition coefficient (Wildman–Crippen LogP) is 4.04. The third-order valence-electron chi connectivity index (χ3n) is 4.27. The van der Waals surface area contributed by atoms with Gasteiger partial charge >= 0.3 is 12.1 Å². The van der Waals surface area contributed by atoms with E-state index in [0.717, 1.165) is 28.8 Å². The fourth-order valence-corrected chi connectivity index (χ4v) is 2.78. The minimum absolute atomic E-state index is 0.0329. The number of nitrogens with zero attached hydrogens (tertiary/aromatic N) is 3. The summed E-state index contributed by atoms with van der Waals surface area (Å²) in [6.07, 6.45) is -4.63. The van der Waals surface area contributed by atoms with E-state index in [1.165, 1.54) is 13.0 Å². The molecule has 10 heteroatoms. The van der Waals surface area contributed by atoms with E-state index in [9.17, 15) is 27.9 Å².